The number of alkyl halides is 3. The van der Waals surface area contributed by atoms with Crippen LogP contribution in [0.1, 0.15) is 35.3 Å². The molecule has 10 heteroatoms. The molecule has 0 aromatic heterocycles. The summed E-state index contributed by atoms with van der Waals surface area (Å²) in [4.78, 5) is 19.0. The first-order valence-corrected chi connectivity index (χ1v) is 11.5. The molecular formula is C21H23ClF3N3O2S. The molecule has 0 heterocycles. The number of rotatable bonds is 6. The van der Waals surface area contributed by atoms with Crippen molar-refractivity contribution in [1.29, 1.82) is 0 Å². The molecule has 0 saturated carbocycles. The molecule has 0 aliphatic heterocycles. The average molecular weight is 474 g/mol. The van der Waals surface area contributed by atoms with Gasteiger partial charge in [0.1, 0.15) is 0 Å². The van der Waals surface area contributed by atoms with E-state index in [1.165, 1.54) is 12.1 Å². The standard InChI is InChI=1S/C21H23ClF3N3O2S/c1-5-28(4)13-26-18-10-14(3)19(12-17(18)22)31(30,6-2)27-20(29)15-8-7-9-16(11-15)21(23,24)25/h7-13H,5-6H2,1-4H3. The van der Waals surface area contributed by atoms with Crippen LogP contribution in [0.15, 0.2) is 50.6 Å². The van der Waals surface area contributed by atoms with E-state index in [0.717, 1.165) is 18.7 Å². The van der Waals surface area contributed by atoms with Gasteiger partial charge in [0.25, 0.3) is 5.91 Å². The quantitative estimate of drug-likeness (QED) is 0.384. The second-order valence-electron chi connectivity index (χ2n) is 6.79. The Morgan fingerprint density at radius 2 is 1.90 bits per heavy atom. The Morgan fingerprint density at radius 1 is 1.23 bits per heavy atom. The summed E-state index contributed by atoms with van der Waals surface area (Å²) in [6.07, 6.45) is -2.99. The number of carbonyl (C=O) groups excluding carboxylic acids is 1. The molecule has 2 aromatic rings. The molecule has 0 bridgehead atoms. The number of carbonyl (C=O) groups is 1. The molecule has 0 spiro atoms. The molecule has 0 saturated heterocycles. The lowest BCUT2D eigenvalue weighted by atomic mass is 10.1. The molecule has 1 amide bonds. The second kappa shape index (κ2) is 9.82. The third kappa shape index (κ3) is 6.07. The van der Waals surface area contributed by atoms with Crippen LogP contribution in [0, 0.1) is 6.92 Å². The summed E-state index contributed by atoms with van der Waals surface area (Å²) >= 11 is 6.31. The van der Waals surface area contributed by atoms with Crippen molar-refractivity contribution >= 4 is 39.3 Å². The van der Waals surface area contributed by atoms with Crippen molar-refractivity contribution in [1.82, 2.24) is 4.90 Å². The van der Waals surface area contributed by atoms with Gasteiger partial charge in [0.2, 0.25) is 0 Å². The molecule has 0 aliphatic carbocycles. The van der Waals surface area contributed by atoms with Crippen LogP contribution < -0.4 is 0 Å². The van der Waals surface area contributed by atoms with Gasteiger partial charge >= 0.3 is 6.18 Å². The zero-order valence-electron chi connectivity index (χ0n) is 17.5. The van der Waals surface area contributed by atoms with Crippen molar-refractivity contribution < 1.29 is 22.2 Å². The largest absolute Gasteiger partial charge is 0.416 e. The molecule has 2 aromatic carbocycles. The first-order chi connectivity index (χ1) is 14.4. The minimum Gasteiger partial charge on any atom is -0.366 e. The van der Waals surface area contributed by atoms with Crippen LogP contribution in [0.4, 0.5) is 18.9 Å². The molecule has 1 atom stereocenters. The van der Waals surface area contributed by atoms with Gasteiger partial charge in [-0.05, 0) is 49.7 Å². The Hall–Kier alpha value is -2.39. The van der Waals surface area contributed by atoms with E-state index >= 15 is 0 Å². The Kier molecular flexibility index (Phi) is 7.88. The lowest BCUT2D eigenvalue weighted by molar-refractivity contribution is -0.137. The number of hydrogen-bond acceptors (Lipinski definition) is 3. The maximum absolute atomic E-state index is 13.5. The van der Waals surface area contributed by atoms with E-state index in [9.17, 15) is 22.2 Å². The zero-order chi connectivity index (χ0) is 23.4. The summed E-state index contributed by atoms with van der Waals surface area (Å²) in [6, 6.07) is 6.96. The molecule has 168 valence electrons. The predicted octanol–water partition coefficient (Wildman–Crippen LogP) is 5.97. The lowest BCUT2D eigenvalue weighted by Gasteiger charge is -2.14. The van der Waals surface area contributed by atoms with E-state index in [0.29, 0.717) is 17.3 Å². The fraction of sp³-hybridized carbons (Fsp3) is 0.333. The summed E-state index contributed by atoms with van der Waals surface area (Å²) in [5.41, 5.74) is -0.243. The van der Waals surface area contributed by atoms with Crippen LogP contribution in [0.2, 0.25) is 5.02 Å². The Morgan fingerprint density at radius 3 is 2.48 bits per heavy atom. The normalized spacial score (nSPS) is 13.8. The number of halogens is 4. The van der Waals surface area contributed by atoms with Crippen LogP contribution in [0.5, 0.6) is 0 Å². The van der Waals surface area contributed by atoms with Crippen molar-refractivity contribution in [3.63, 3.8) is 0 Å². The van der Waals surface area contributed by atoms with E-state index in [1.54, 1.807) is 26.3 Å². The van der Waals surface area contributed by atoms with Gasteiger partial charge in [0, 0.05) is 24.9 Å². The number of hydrogen-bond donors (Lipinski definition) is 0. The Balaban J connectivity index is 2.51. The van der Waals surface area contributed by atoms with Crippen molar-refractivity contribution in [2.45, 2.75) is 31.8 Å². The first kappa shape index (κ1) is 24.9. The molecule has 5 nitrogen and oxygen atoms in total. The SMILES string of the molecule is CCN(C)C=Nc1cc(C)c(S(=O)(CC)=NC(=O)c2cccc(C(F)(F)F)c2)cc1Cl. The van der Waals surface area contributed by atoms with Gasteiger partial charge in [-0.3, -0.25) is 4.79 Å². The molecule has 31 heavy (non-hydrogen) atoms. The molecule has 0 N–H and O–H groups in total. The second-order valence-corrected chi connectivity index (χ2v) is 9.68. The molecule has 1 unspecified atom stereocenters. The van der Waals surface area contributed by atoms with Gasteiger partial charge in [-0.2, -0.15) is 17.5 Å². The van der Waals surface area contributed by atoms with Gasteiger partial charge < -0.3 is 4.90 Å². The van der Waals surface area contributed by atoms with Gasteiger partial charge in [0.05, 0.1) is 37.2 Å². The highest BCUT2D eigenvalue weighted by Crippen LogP contribution is 2.33. The van der Waals surface area contributed by atoms with Crippen LogP contribution in [-0.2, 0) is 15.9 Å². The monoisotopic (exact) mass is 473 g/mol. The maximum atomic E-state index is 13.5. The van der Waals surface area contributed by atoms with Crippen molar-refractivity contribution in [2.24, 2.45) is 9.36 Å². The fourth-order valence-corrected chi connectivity index (χ4v) is 4.67. The van der Waals surface area contributed by atoms with Crippen LogP contribution in [0.25, 0.3) is 0 Å². The van der Waals surface area contributed by atoms with Crippen LogP contribution in [-0.4, -0.2) is 40.7 Å². The van der Waals surface area contributed by atoms with Crippen LogP contribution >= 0.6 is 11.6 Å². The molecule has 2 rings (SSSR count). The zero-order valence-corrected chi connectivity index (χ0v) is 19.1. The fourth-order valence-electron chi connectivity index (χ4n) is 2.62. The van der Waals surface area contributed by atoms with Gasteiger partial charge in [-0.1, -0.05) is 24.6 Å². The summed E-state index contributed by atoms with van der Waals surface area (Å²) < 4.78 is 56.2. The van der Waals surface area contributed by atoms with Gasteiger partial charge in [-0.25, -0.2) is 9.20 Å². The lowest BCUT2D eigenvalue weighted by Crippen LogP contribution is -2.14. The first-order valence-electron chi connectivity index (χ1n) is 9.42. The summed E-state index contributed by atoms with van der Waals surface area (Å²) in [7, 11) is -1.41. The molecule has 0 radical (unpaired) electrons. The molecular weight excluding hydrogens is 451 g/mol. The molecule has 0 aliphatic rings. The summed E-state index contributed by atoms with van der Waals surface area (Å²) in [5, 5.41) is 0.226. The van der Waals surface area contributed by atoms with E-state index < -0.39 is 27.4 Å². The topological polar surface area (TPSA) is 62.1 Å². The Labute approximate surface area is 185 Å². The summed E-state index contributed by atoms with van der Waals surface area (Å²) in [5.74, 6) is -1.00. The van der Waals surface area contributed by atoms with Gasteiger partial charge in [-0.15, -0.1) is 0 Å². The predicted molar refractivity (Wildman–Crippen MR) is 118 cm³/mol. The highest BCUT2D eigenvalue weighted by atomic mass is 35.5. The number of nitrogens with zero attached hydrogens (tertiary/aromatic N) is 3. The third-order valence-corrected chi connectivity index (χ3v) is 7.21. The van der Waals surface area contributed by atoms with E-state index in [2.05, 4.69) is 9.36 Å². The minimum absolute atomic E-state index is 0.0178. The maximum Gasteiger partial charge on any atom is 0.416 e. The number of aliphatic imine (C=N–C) groups is 1. The third-order valence-electron chi connectivity index (χ3n) is 4.54. The molecule has 0 fully saturated rings. The number of aryl methyl sites for hydroxylation is 1. The summed E-state index contributed by atoms with van der Waals surface area (Å²) in [6.45, 7) is 5.98. The highest BCUT2D eigenvalue weighted by molar-refractivity contribution is 7.94. The van der Waals surface area contributed by atoms with E-state index in [4.69, 9.17) is 11.6 Å². The van der Waals surface area contributed by atoms with Gasteiger partial charge in [0.15, 0.2) is 0 Å². The van der Waals surface area contributed by atoms with Crippen molar-refractivity contribution in [2.75, 3.05) is 19.3 Å². The number of benzene rings is 2. The highest BCUT2D eigenvalue weighted by Gasteiger charge is 2.31. The van der Waals surface area contributed by atoms with Crippen molar-refractivity contribution in [3.8, 4) is 0 Å². The Bertz CT molecular complexity index is 1120. The van der Waals surface area contributed by atoms with E-state index in [-0.39, 0.29) is 21.2 Å². The number of amides is 1. The average Bonchev–Trinajstić information content (AvgIpc) is 2.73. The smallest absolute Gasteiger partial charge is 0.366 e. The van der Waals surface area contributed by atoms with E-state index in [1.807, 2.05) is 18.9 Å². The van der Waals surface area contributed by atoms with Crippen molar-refractivity contribution in [3.05, 3.63) is 58.1 Å². The van der Waals surface area contributed by atoms with Crippen LogP contribution in [0.3, 0.4) is 0 Å². The minimum atomic E-state index is -4.60.